The van der Waals surface area contributed by atoms with E-state index >= 15 is 0 Å². The number of benzene rings is 2. The van der Waals surface area contributed by atoms with Crippen molar-refractivity contribution in [2.75, 3.05) is 26.2 Å². The zero-order chi connectivity index (χ0) is 28.4. The second kappa shape index (κ2) is 13.8. The topological polar surface area (TPSA) is 99.9 Å². The van der Waals surface area contributed by atoms with Crippen LogP contribution in [0, 0.1) is 11.3 Å². The van der Waals surface area contributed by atoms with Gasteiger partial charge in [-0.15, -0.1) is 13.2 Å². The SMILES string of the molecule is CCN(CCOc1cccc2c1CN(C(C=O)CCC=O)C2=O)CC[C@@H](C#N)c1cccc(OC(F)(F)F)c1. The molecule has 208 valence electrons. The molecule has 0 aromatic heterocycles. The molecule has 2 atom stereocenters. The highest BCUT2D eigenvalue weighted by Gasteiger charge is 2.34. The fourth-order valence-electron chi connectivity index (χ4n) is 4.52. The summed E-state index contributed by atoms with van der Waals surface area (Å²) >= 11 is 0. The molecule has 11 heteroatoms. The zero-order valence-electron chi connectivity index (χ0n) is 21.5. The lowest BCUT2D eigenvalue weighted by atomic mass is 9.97. The molecule has 1 aliphatic rings. The van der Waals surface area contributed by atoms with Gasteiger partial charge in [0.05, 0.1) is 24.6 Å². The second-order valence-corrected chi connectivity index (χ2v) is 9.04. The van der Waals surface area contributed by atoms with Crippen LogP contribution in [0.1, 0.15) is 53.6 Å². The van der Waals surface area contributed by atoms with Crippen LogP contribution in [0.3, 0.4) is 0 Å². The van der Waals surface area contributed by atoms with Gasteiger partial charge < -0.3 is 28.9 Å². The maximum absolute atomic E-state index is 12.8. The van der Waals surface area contributed by atoms with Gasteiger partial charge in [-0.1, -0.05) is 25.1 Å². The van der Waals surface area contributed by atoms with E-state index in [1.165, 1.54) is 23.1 Å². The predicted octanol–water partition coefficient (Wildman–Crippen LogP) is 4.49. The Balaban J connectivity index is 1.57. The van der Waals surface area contributed by atoms with Gasteiger partial charge >= 0.3 is 6.36 Å². The van der Waals surface area contributed by atoms with Crippen LogP contribution in [0.2, 0.25) is 0 Å². The van der Waals surface area contributed by atoms with E-state index < -0.39 is 18.3 Å². The number of fused-ring (bicyclic) bond motifs is 1. The summed E-state index contributed by atoms with van der Waals surface area (Å²) in [6.07, 6.45) is -2.57. The van der Waals surface area contributed by atoms with Crippen molar-refractivity contribution in [2.45, 2.75) is 51.1 Å². The normalized spacial score (nSPS) is 14.5. The summed E-state index contributed by atoms with van der Waals surface area (Å²) < 4.78 is 47.6. The molecule has 8 nitrogen and oxygen atoms in total. The first-order valence-electron chi connectivity index (χ1n) is 12.6. The van der Waals surface area contributed by atoms with Gasteiger partial charge in [-0.05, 0) is 55.8 Å². The van der Waals surface area contributed by atoms with Crippen LogP contribution in [-0.2, 0) is 16.1 Å². The van der Waals surface area contributed by atoms with E-state index in [-0.39, 0.29) is 31.0 Å². The third-order valence-corrected chi connectivity index (χ3v) is 6.59. The summed E-state index contributed by atoms with van der Waals surface area (Å²) in [6, 6.07) is 12.1. The number of aldehydes is 2. The van der Waals surface area contributed by atoms with Crippen LogP contribution in [0.25, 0.3) is 0 Å². The van der Waals surface area contributed by atoms with E-state index in [4.69, 9.17) is 4.74 Å². The number of carbonyl (C=O) groups is 3. The molecule has 0 N–H and O–H groups in total. The molecule has 0 saturated carbocycles. The van der Waals surface area contributed by atoms with Gasteiger partial charge in [-0.3, -0.25) is 4.79 Å². The minimum absolute atomic E-state index is 0.180. The van der Waals surface area contributed by atoms with Gasteiger partial charge in [-0.25, -0.2) is 0 Å². The molecule has 0 aliphatic carbocycles. The first kappa shape index (κ1) is 29.6. The zero-order valence-corrected chi connectivity index (χ0v) is 21.5. The summed E-state index contributed by atoms with van der Waals surface area (Å²) in [5, 5.41) is 9.62. The lowest BCUT2D eigenvalue weighted by Crippen LogP contribution is -2.36. The molecule has 2 aromatic carbocycles. The maximum atomic E-state index is 12.8. The molecule has 0 radical (unpaired) electrons. The van der Waals surface area contributed by atoms with Gasteiger partial charge in [0.2, 0.25) is 0 Å². The van der Waals surface area contributed by atoms with Crippen molar-refractivity contribution in [1.29, 1.82) is 5.26 Å². The van der Waals surface area contributed by atoms with Crippen LogP contribution in [0.5, 0.6) is 11.5 Å². The van der Waals surface area contributed by atoms with Crippen molar-refractivity contribution in [3.63, 3.8) is 0 Å². The van der Waals surface area contributed by atoms with Crippen LogP contribution in [0.15, 0.2) is 42.5 Å². The lowest BCUT2D eigenvalue weighted by molar-refractivity contribution is -0.274. The van der Waals surface area contributed by atoms with E-state index in [0.29, 0.717) is 61.4 Å². The van der Waals surface area contributed by atoms with Crippen LogP contribution >= 0.6 is 0 Å². The number of hydrogen-bond donors (Lipinski definition) is 0. The van der Waals surface area contributed by atoms with Gasteiger partial charge in [-0.2, -0.15) is 5.26 Å². The molecule has 1 amide bonds. The van der Waals surface area contributed by atoms with E-state index in [0.717, 1.165) is 6.29 Å². The number of rotatable bonds is 15. The van der Waals surface area contributed by atoms with Gasteiger partial charge in [0, 0.05) is 24.1 Å². The number of alkyl halides is 3. The molecule has 0 saturated heterocycles. The number of halogens is 3. The van der Waals surface area contributed by atoms with Crippen molar-refractivity contribution >= 4 is 18.5 Å². The van der Waals surface area contributed by atoms with E-state index in [2.05, 4.69) is 15.7 Å². The van der Waals surface area contributed by atoms with E-state index in [9.17, 15) is 32.8 Å². The van der Waals surface area contributed by atoms with E-state index in [1.54, 1.807) is 24.3 Å². The van der Waals surface area contributed by atoms with Crippen molar-refractivity contribution in [3.8, 4) is 17.6 Å². The lowest BCUT2D eigenvalue weighted by Gasteiger charge is -2.23. The Labute approximate surface area is 224 Å². The molecule has 1 aliphatic heterocycles. The second-order valence-electron chi connectivity index (χ2n) is 9.04. The minimum atomic E-state index is -4.81. The summed E-state index contributed by atoms with van der Waals surface area (Å²) in [4.78, 5) is 38.6. The Hall–Kier alpha value is -3.91. The molecule has 0 fully saturated rings. The smallest absolute Gasteiger partial charge is 0.492 e. The third kappa shape index (κ3) is 8.04. The Morgan fingerprint density at radius 3 is 2.59 bits per heavy atom. The molecular formula is C28H30F3N3O5. The van der Waals surface area contributed by atoms with E-state index in [1.807, 2.05) is 6.92 Å². The van der Waals surface area contributed by atoms with Crippen molar-refractivity contribution in [2.24, 2.45) is 0 Å². The highest BCUT2D eigenvalue weighted by atomic mass is 19.4. The number of likely N-dealkylation sites (N-methyl/N-ethyl adjacent to an activating group) is 1. The largest absolute Gasteiger partial charge is 0.573 e. The summed E-state index contributed by atoms with van der Waals surface area (Å²) in [5.41, 5.74) is 1.60. The molecular weight excluding hydrogens is 515 g/mol. The standard InChI is InChI=1S/C28H30F3N3O5/c1-2-33(12-11-21(17-32)20-6-3-8-23(16-20)39-28(29,30)31)13-15-38-26-10-4-9-24-25(26)18-34(27(24)37)22(19-36)7-5-14-35/h3-4,6,8-10,14,16,19,21-22H,2,5,7,11-13,15,18H2,1H3/t21-,22?/m0/s1. The number of amides is 1. The Kier molecular flexibility index (Phi) is 10.5. The number of ether oxygens (including phenoxy) is 2. The molecule has 0 bridgehead atoms. The van der Waals surface area contributed by atoms with Crippen molar-refractivity contribution in [1.82, 2.24) is 9.80 Å². The quantitative estimate of drug-likeness (QED) is 0.304. The maximum Gasteiger partial charge on any atom is 0.573 e. The van der Waals surface area contributed by atoms with Gasteiger partial charge in [0.25, 0.3) is 5.91 Å². The molecule has 3 rings (SSSR count). The monoisotopic (exact) mass is 545 g/mol. The van der Waals surface area contributed by atoms with Crippen LogP contribution in [-0.4, -0.2) is 66.9 Å². The van der Waals surface area contributed by atoms with Crippen LogP contribution < -0.4 is 9.47 Å². The Bertz CT molecular complexity index is 1200. The first-order chi connectivity index (χ1) is 18.7. The predicted molar refractivity (Wildman–Crippen MR) is 135 cm³/mol. The molecule has 1 unspecified atom stereocenters. The first-order valence-corrected chi connectivity index (χ1v) is 12.6. The third-order valence-electron chi connectivity index (χ3n) is 6.59. The number of hydrogen-bond acceptors (Lipinski definition) is 7. The summed E-state index contributed by atoms with van der Waals surface area (Å²) in [7, 11) is 0. The van der Waals surface area contributed by atoms with Gasteiger partial charge in [0.15, 0.2) is 0 Å². The Morgan fingerprint density at radius 2 is 1.92 bits per heavy atom. The summed E-state index contributed by atoms with van der Waals surface area (Å²) in [6.45, 7) is 4.16. The highest BCUT2D eigenvalue weighted by molar-refractivity contribution is 6.00. The molecule has 39 heavy (non-hydrogen) atoms. The number of nitrogens with zero attached hydrogens (tertiary/aromatic N) is 3. The van der Waals surface area contributed by atoms with Crippen LogP contribution in [0.4, 0.5) is 13.2 Å². The molecule has 1 heterocycles. The molecule has 0 spiro atoms. The Morgan fingerprint density at radius 1 is 1.15 bits per heavy atom. The fraction of sp³-hybridized carbons (Fsp3) is 0.429. The van der Waals surface area contributed by atoms with Crippen molar-refractivity contribution < 1.29 is 37.0 Å². The van der Waals surface area contributed by atoms with Gasteiger partial charge in [0.1, 0.15) is 30.7 Å². The highest BCUT2D eigenvalue weighted by Crippen LogP contribution is 2.33. The average Bonchev–Trinajstić information content (AvgIpc) is 3.24. The fourth-order valence-corrected chi connectivity index (χ4v) is 4.52. The average molecular weight is 546 g/mol. The number of nitriles is 1. The minimum Gasteiger partial charge on any atom is -0.492 e. The van der Waals surface area contributed by atoms with Crippen molar-refractivity contribution in [3.05, 3.63) is 59.2 Å². The molecule has 2 aromatic rings. The number of carbonyl (C=O) groups excluding carboxylic acids is 3. The summed E-state index contributed by atoms with van der Waals surface area (Å²) in [5.74, 6) is -0.718.